The summed E-state index contributed by atoms with van der Waals surface area (Å²) in [6.07, 6.45) is 4.28. The van der Waals surface area contributed by atoms with Crippen LogP contribution in [-0.2, 0) is 17.7 Å². The third-order valence-corrected chi connectivity index (χ3v) is 4.67. The largest absolute Gasteiger partial charge is 0.390 e. The molecule has 2 aliphatic rings. The molecule has 0 amide bonds. The van der Waals surface area contributed by atoms with Gasteiger partial charge in [0.1, 0.15) is 0 Å². The normalized spacial score (nSPS) is 27.0. The second kappa shape index (κ2) is 5.84. The van der Waals surface area contributed by atoms with Crippen LogP contribution in [0, 0.1) is 0 Å². The molecule has 2 fully saturated rings. The molecule has 1 atom stereocenters. The molecule has 1 aromatic heterocycles. The number of piperidine rings is 1. The highest BCUT2D eigenvalue weighted by Gasteiger charge is 2.43. The predicted octanol–water partition coefficient (Wildman–Crippen LogP) is 1.74. The van der Waals surface area contributed by atoms with E-state index in [1.807, 2.05) is 6.07 Å². The van der Waals surface area contributed by atoms with Gasteiger partial charge in [0.15, 0.2) is 5.76 Å². The molecule has 0 radical (unpaired) electrons. The SMILES string of the molecule is CCc1cc(CN2CCC3(CC2)OCCC[C@@H]3O)on1. The third kappa shape index (κ3) is 2.75. The fourth-order valence-corrected chi connectivity index (χ4v) is 3.30. The van der Waals surface area contributed by atoms with Gasteiger partial charge in [-0.25, -0.2) is 0 Å². The maximum absolute atomic E-state index is 10.2. The molecule has 2 saturated heterocycles. The minimum atomic E-state index is -0.296. The van der Waals surface area contributed by atoms with Crippen LogP contribution in [-0.4, -0.2) is 46.6 Å². The number of rotatable bonds is 3. The summed E-state index contributed by atoms with van der Waals surface area (Å²) >= 11 is 0. The number of ether oxygens (including phenoxy) is 1. The summed E-state index contributed by atoms with van der Waals surface area (Å²) in [5.74, 6) is 0.933. The monoisotopic (exact) mass is 280 g/mol. The van der Waals surface area contributed by atoms with Gasteiger partial charge < -0.3 is 14.4 Å². The fraction of sp³-hybridized carbons (Fsp3) is 0.800. The molecule has 0 aliphatic carbocycles. The van der Waals surface area contributed by atoms with Crippen LogP contribution < -0.4 is 0 Å². The van der Waals surface area contributed by atoms with E-state index in [0.29, 0.717) is 0 Å². The standard InChI is InChI=1S/C15H24N2O3/c1-2-12-10-13(20-16-12)11-17-7-5-15(6-8-17)14(18)4-3-9-19-15/h10,14,18H,2-9,11H2,1H3/t14-/m0/s1. The Morgan fingerprint density at radius 3 is 2.90 bits per heavy atom. The first-order valence-corrected chi connectivity index (χ1v) is 7.71. The molecule has 3 heterocycles. The zero-order valence-electron chi connectivity index (χ0n) is 12.2. The molecule has 5 heteroatoms. The van der Waals surface area contributed by atoms with Crippen LogP contribution in [0.4, 0.5) is 0 Å². The van der Waals surface area contributed by atoms with Crippen LogP contribution in [0.5, 0.6) is 0 Å². The molecule has 1 spiro atoms. The number of aliphatic hydroxyl groups is 1. The smallest absolute Gasteiger partial charge is 0.150 e. The molecule has 1 aromatic rings. The second-order valence-corrected chi connectivity index (χ2v) is 5.99. The van der Waals surface area contributed by atoms with Crippen molar-refractivity contribution in [3.8, 4) is 0 Å². The maximum Gasteiger partial charge on any atom is 0.150 e. The quantitative estimate of drug-likeness (QED) is 0.914. The van der Waals surface area contributed by atoms with E-state index < -0.39 is 0 Å². The van der Waals surface area contributed by atoms with E-state index >= 15 is 0 Å². The Morgan fingerprint density at radius 2 is 2.25 bits per heavy atom. The van der Waals surface area contributed by atoms with E-state index in [9.17, 15) is 5.11 Å². The van der Waals surface area contributed by atoms with E-state index in [4.69, 9.17) is 9.26 Å². The van der Waals surface area contributed by atoms with Crippen molar-refractivity contribution < 1.29 is 14.4 Å². The Morgan fingerprint density at radius 1 is 1.45 bits per heavy atom. The summed E-state index contributed by atoms with van der Waals surface area (Å²) in [5.41, 5.74) is 0.726. The van der Waals surface area contributed by atoms with Gasteiger partial charge in [-0.1, -0.05) is 12.1 Å². The number of aromatic nitrogens is 1. The summed E-state index contributed by atoms with van der Waals surface area (Å²) in [5, 5.41) is 14.3. The molecule has 0 aromatic carbocycles. The zero-order chi connectivity index (χ0) is 14.0. The summed E-state index contributed by atoms with van der Waals surface area (Å²) in [6, 6.07) is 2.04. The third-order valence-electron chi connectivity index (χ3n) is 4.67. The molecule has 2 aliphatic heterocycles. The van der Waals surface area contributed by atoms with Crippen molar-refractivity contribution >= 4 is 0 Å². The lowest BCUT2D eigenvalue weighted by Crippen LogP contribution is -2.55. The minimum absolute atomic E-state index is 0.287. The Balaban J connectivity index is 1.55. The first kappa shape index (κ1) is 14.0. The van der Waals surface area contributed by atoms with Crippen LogP contribution in [0.1, 0.15) is 44.1 Å². The Bertz CT molecular complexity index is 438. The van der Waals surface area contributed by atoms with E-state index in [0.717, 1.165) is 69.8 Å². The van der Waals surface area contributed by atoms with E-state index in [1.54, 1.807) is 0 Å². The average molecular weight is 280 g/mol. The van der Waals surface area contributed by atoms with Crippen molar-refractivity contribution in [1.82, 2.24) is 10.1 Å². The number of aliphatic hydroxyl groups excluding tert-OH is 1. The van der Waals surface area contributed by atoms with Gasteiger partial charge in [0.2, 0.25) is 0 Å². The van der Waals surface area contributed by atoms with Gasteiger partial charge in [0, 0.05) is 25.8 Å². The Hall–Kier alpha value is -0.910. The lowest BCUT2D eigenvalue weighted by molar-refractivity contribution is -0.177. The van der Waals surface area contributed by atoms with Gasteiger partial charge in [0.25, 0.3) is 0 Å². The van der Waals surface area contributed by atoms with Crippen molar-refractivity contribution in [2.75, 3.05) is 19.7 Å². The molecular formula is C15H24N2O3. The Labute approximate surface area is 119 Å². The summed E-state index contributed by atoms with van der Waals surface area (Å²) in [4.78, 5) is 2.36. The van der Waals surface area contributed by atoms with E-state index in [2.05, 4.69) is 17.0 Å². The van der Waals surface area contributed by atoms with Crippen molar-refractivity contribution in [2.24, 2.45) is 0 Å². The number of likely N-dealkylation sites (tertiary alicyclic amines) is 1. The van der Waals surface area contributed by atoms with Crippen LogP contribution in [0.2, 0.25) is 0 Å². The van der Waals surface area contributed by atoms with E-state index in [1.165, 1.54) is 0 Å². The molecule has 1 N–H and O–H groups in total. The minimum Gasteiger partial charge on any atom is -0.390 e. The fourth-order valence-electron chi connectivity index (χ4n) is 3.30. The highest BCUT2D eigenvalue weighted by Crippen LogP contribution is 2.35. The second-order valence-electron chi connectivity index (χ2n) is 5.99. The molecular weight excluding hydrogens is 256 g/mol. The van der Waals surface area contributed by atoms with Gasteiger partial charge in [0.05, 0.1) is 23.9 Å². The first-order chi connectivity index (χ1) is 9.72. The predicted molar refractivity (Wildman–Crippen MR) is 74.3 cm³/mol. The van der Waals surface area contributed by atoms with Crippen LogP contribution >= 0.6 is 0 Å². The number of hydrogen-bond donors (Lipinski definition) is 1. The average Bonchev–Trinajstić information content (AvgIpc) is 2.92. The molecule has 3 rings (SSSR count). The van der Waals surface area contributed by atoms with Crippen LogP contribution in [0.15, 0.2) is 10.6 Å². The topological polar surface area (TPSA) is 58.7 Å². The van der Waals surface area contributed by atoms with Gasteiger partial charge >= 0.3 is 0 Å². The zero-order valence-corrected chi connectivity index (χ0v) is 12.2. The van der Waals surface area contributed by atoms with Crippen LogP contribution in [0.3, 0.4) is 0 Å². The van der Waals surface area contributed by atoms with Crippen molar-refractivity contribution in [1.29, 1.82) is 0 Å². The number of nitrogens with zero attached hydrogens (tertiary/aromatic N) is 2. The first-order valence-electron chi connectivity index (χ1n) is 7.71. The van der Waals surface area contributed by atoms with Gasteiger partial charge in [-0.2, -0.15) is 0 Å². The van der Waals surface area contributed by atoms with Gasteiger partial charge in [-0.3, -0.25) is 4.90 Å². The lowest BCUT2D eigenvalue weighted by Gasteiger charge is -2.46. The molecule has 0 unspecified atom stereocenters. The maximum atomic E-state index is 10.2. The lowest BCUT2D eigenvalue weighted by atomic mass is 9.82. The Kier molecular flexibility index (Phi) is 4.10. The molecule has 5 nitrogen and oxygen atoms in total. The molecule has 20 heavy (non-hydrogen) atoms. The van der Waals surface area contributed by atoms with E-state index in [-0.39, 0.29) is 11.7 Å². The molecule has 0 saturated carbocycles. The molecule has 0 bridgehead atoms. The summed E-state index contributed by atoms with van der Waals surface area (Å²) in [6.45, 7) is 5.56. The number of hydrogen-bond acceptors (Lipinski definition) is 5. The number of aryl methyl sites for hydroxylation is 1. The van der Waals surface area contributed by atoms with Gasteiger partial charge in [-0.15, -0.1) is 0 Å². The van der Waals surface area contributed by atoms with Crippen molar-refractivity contribution in [2.45, 2.75) is 57.3 Å². The summed E-state index contributed by atoms with van der Waals surface area (Å²) < 4.78 is 11.3. The van der Waals surface area contributed by atoms with Gasteiger partial charge in [-0.05, 0) is 32.1 Å². The highest BCUT2D eigenvalue weighted by atomic mass is 16.5. The van der Waals surface area contributed by atoms with Crippen molar-refractivity contribution in [3.63, 3.8) is 0 Å². The molecule has 112 valence electrons. The van der Waals surface area contributed by atoms with Crippen molar-refractivity contribution in [3.05, 3.63) is 17.5 Å². The highest BCUT2D eigenvalue weighted by molar-refractivity contribution is 5.05. The van der Waals surface area contributed by atoms with Crippen LogP contribution in [0.25, 0.3) is 0 Å². The summed E-state index contributed by atoms with van der Waals surface area (Å²) in [7, 11) is 0.